The van der Waals surface area contributed by atoms with Gasteiger partial charge in [-0.15, -0.1) is 11.3 Å². The predicted molar refractivity (Wildman–Crippen MR) is 168 cm³/mol. The molecule has 40 heavy (non-hydrogen) atoms. The third kappa shape index (κ3) is 3.23. The van der Waals surface area contributed by atoms with E-state index in [0.717, 1.165) is 28.5 Å². The van der Waals surface area contributed by atoms with Gasteiger partial charge in [-0.25, -0.2) is 0 Å². The Balaban J connectivity index is 1.17. The minimum atomic E-state index is 0.0670. The fourth-order valence-corrected chi connectivity index (χ4v) is 7.43. The van der Waals surface area contributed by atoms with E-state index in [9.17, 15) is 0 Å². The van der Waals surface area contributed by atoms with E-state index in [0.29, 0.717) is 0 Å². The third-order valence-electron chi connectivity index (χ3n) is 8.21. The smallest absolute Gasteiger partial charge is 0.260 e. The molecule has 9 rings (SSSR count). The molecule has 0 spiro atoms. The maximum Gasteiger partial charge on any atom is 0.260 e. The molecule has 0 amide bonds. The van der Waals surface area contributed by atoms with Gasteiger partial charge in [0, 0.05) is 25.6 Å². The number of hydrogen-bond donors (Lipinski definition) is 0. The van der Waals surface area contributed by atoms with Gasteiger partial charge in [-0.1, -0.05) is 78.9 Å². The van der Waals surface area contributed by atoms with Crippen LogP contribution in [0.15, 0.2) is 127 Å². The van der Waals surface area contributed by atoms with Gasteiger partial charge >= 0.3 is 0 Å². The van der Waals surface area contributed by atoms with Crippen molar-refractivity contribution >= 4 is 54.6 Å². The van der Waals surface area contributed by atoms with Crippen LogP contribution < -0.4 is 25.9 Å². The summed E-state index contributed by atoms with van der Waals surface area (Å²) < 4.78 is 15.4. The Morgan fingerprint density at radius 3 is 1.93 bits per heavy atom. The number of para-hydroxylation sites is 1. The minimum absolute atomic E-state index is 0.0670. The SMILES string of the molecule is c1cc(-c2ccc3c(c2)B2c4ccccc4Oc4cccc(c42)O3)cc(-c2ccc3sc4ccccc4c3c2)c1. The molecule has 0 fully saturated rings. The van der Waals surface area contributed by atoms with Gasteiger partial charge in [0.25, 0.3) is 6.71 Å². The lowest BCUT2D eigenvalue weighted by molar-refractivity contribution is 0.464. The third-order valence-corrected chi connectivity index (χ3v) is 9.36. The molecule has 7 aromatic rings. The number of hydrogen-bond acceptors (Lipinski definition) is 3. The molecule has 0 atom stereocenters. The fourth-order valence-electron chi connectivity index (χ4n) is 6.34. The standard InChI is InChI=1S/C36H21BO2S/c1-4-14-34-26(9-1)27-20-24(16-18-35(27)40-34)22-7-5-8-23(19-22)25-15-17-31-29(21-25)37-28-10-2-3-11-30(28)38-32-12-6-13-33(39-31)36(32)37/h1-21H. The second-order valence-corrected chi connectivity index (χ2v) is 11.6. The van der Waals surface area contributed by atoms with E-state index in [2.05, 4.69) is 103 Å². The highest BCUT2D eigenvalue weighted by molar-refractivity contribution is 7.25. The van der Waals surface area contributed by atoms with E-state index >= 15 is 0 Å². The van der Waals surface area contributed by atoms with Gasteiger partial charge in [0.15, 0.2) is 0 Å². The zero-order chi connectivity index (χ0) is 26.2. The number of fused-ring (bicyclic) bond motifs is 7. The van der Waals surface area contributed by atoms with Gasteiger partial charge in [0.1, 0.15) is 23.0 Å². The number of thiophene rings is 1. The van der Waals surface area contributed by atoms with Crippen LogP contribution in [-0.4, -0.2) is 6.71 Å². The van der Waals surface area contributed by atoms with Crippen molar-refractivity contribution in [2.45, 2.75) is 0 Å². The summed E-state index contributed by atoms with van der Waals surface area (Å²) in [6.07, 6.45) is 0. The van der Waals surface area contributed by atoms with Crippen LogP contribution in [0.5, 0.6) is 23.0 Å². The lowest BCUT2D eigenvalue weighted by atomic mass is 9.35. The molecule has 0 unspecified atom stereocenters. The van der Waals surface area contributed by atoms with Crippen LogP contribution in [0.2, 0.25) is 0 Å². The molecule has 0 bridgehead atoms. The van der Waals surface area contributed by atoms with Crippen molar-refractivity contribution in [1.29, 1.82) is 0 Å². The second kappa shape index (κ2) is 8.35. The molecule has 2 aliphatic rings. The van der Waals surface area contributed by atoms with Crippen LogP contribution in [-0.2, 0) is 0 Å². The largest absolute Gasteiger partial charge is 0.458 e. The molecule has 0 aliphatic carbocycles. The Hall–Kier alpha value is -4.80. The zero-order valence-electron chi connectivity index (χ0n) is 21.4. The van der Waals surface area contributed by atoms with E-state index in [1.807, 2.05) is 35.6 Å². The maximum absolute atomic E-state index is 6.41. The van der Waals surface area contributed by atoms with Crippen LogP contribution in [0.25, 0.3) is 42.4 Å². The first-order chi connectivity index (χ1) is 19.8. The van der Waals surface area contributed by atoms with Crippen molar-refractivity contribution in [3.8, 4) is 45.3 Å². The van der Waals surface area contributed by atoms with E-state index < -0.39 is 0 Å². The molecule has 186 valence electrons. The van der Waals surface area contributed by atoms with Crippen molar-refractivity contribution in [3.63, 3.8) is 0 Å². The van der Waals surface area contributed by atoms with Crippen LogP contribution in [0.1, 0.15) is 0 Å². The van der Waals surface area contributed by atoms with Gasteiger partial charge in [0.05, 0.1) is 0 Å². The Bertz CT molecular complexity index is 2130. The van der Waals surface area contributed by atoms with E-state index in [-0.39, 0.29) is 6.71 Å². The summed E-state index contributed by atoms with van der Waals surface area (Å²) in [5.41, 5.74) is 8.27. The second-order valence-electron chi connectivity index (χ2n) is 10.5. The first kappa shape index (κ1) is 22.1. The molecule has 1 aromatic heterocycles. The lowest BCUT2D eigenvalue weighted by Gasteiger charge is -2.33. The zero-order valence-corrected chi connectivity index (χ0v) is 22.2. The monoisotopic (exact) mass is 528 g/mol. The molecule has 6 aromatic carbocycles. The Morgan fingerprint density at radius 2 is 1.05 bits per heavy atom. The van der Waals surface area contributed by atoms with Crippen molar-refractivity contribution in [2.75, 3.05) is 0 Å². The molecule has 0 saturated carbocycles. The average Bonchev–Trinajstić information content (AvgIpc) is 3.39. The highest BCUT2D eigenvalue weighted by atomic mass is 32.1. The number of ether oxygens (including phenoxy) is 2. The molecule has 0 radical (unpaired) electrons. The summed E-state index contributed by atoms with van der Waals surface area (Å²) in [5.74, 6) is 3.56. The number of rotatable bonds is 2. The summed E-state index contributed by atoms with van der Waals surface area (Å²) in [6, 6.07) is 45.4. The van der Waals surface area contributed by atoms with Crippen LogP contribution >= 0.6 is 11.3 Å². The van der Waals surface area contributed by atoms with Crippen LogP contribution in [0.4, 0.5) is 0 Å². The first-order valence-electron chi connectivity index (χ1n) is 13.5. The fraction of sp³-hybridized carbons (Fsp3) is 0. The van der Waals surface area contributed by atoms with Gasteiger partial charge in [-0.05, 0) is 81.7 Å². The Labute approximate surface area is 236 Å². The van der Waals surface area contributed by atoms with Crippen LogP contribution in [0.3, 0.4) is 0 Å². The summed E-state index contributed by atoms with van der Waals surface area (Å²) >= 11 is 1.86. The molecule has 2 nitrogen and oxygen atoms in total. The van der Waals surface area contributed by atoms with Crippen molar-refractivity contribution in [2.24, 2.45) is 0 Å². The van der Waals surface area contributed by atoms with E-state index in [1.54, 1.807) is 0 Å². The maximum atomic E-state index is 6.41. The first-order valence-corrected chi connectivity index (χ1v) is 14.4. The molecule has 0 saturated heterocycles. The highest BCUT2D eigenvalue weighted by Crippen LogP contribution is 2.38. The Kier molecular flexibility index (Phi) is 4.61. The average molecular weight is 528 g/mol. The summed E-state index contributed by atoms with van der Waals surface area (Å²) in [5, 5.41) is 2.65. The number of benzene rings is 6. The van der Waals surface area contributed by atoms with Gasteiger partial charge in [-0.3, -0.25) is 0 Å². The lowest BCUT2D eigenvalue weighted by Crippen LogP contribution is -2.57. The van der Waals surface area contributed by atoms with Crippen molar-refractivity contribution < 1.29 is 9.47 Å². The van der Waals surface area contributed by atoms with Gasteiger partial charge < -0.3 is 9.47 Å². The minimum Gasteiger partial charge on any atom is -0.458 e. The highest BCUT2D eigenvalue weighted by Gasteiger charge is 2.39. The van der Waals surface area contributed by atoms with Crippen molar-refractivity contribution in [3.05, 3.63) is 127 Å². The molecule has 4 heteroatoms. The van der Waals surface area contributed by atoms with Crippen molar-refractivity contribution in [1.82, 2.24) is 0 Å². The van der Waals surface area contributed by atoms with Gasteiger partial charge in [-0.2, -0.15) is 0 Å². The Morgan fingerprint density at radius 1 is 0.425 bits per heavy atom. The summed E-state index contributed by atoms with van der Waals surface area (Å²) in [6.45, 7) is 0.0670. The predicted octanol–water partition coefficient (Wildman–Crippen LogP) is 8.12. The quantitative estimate of drug-likeness (QED) is 0.211. The molecular formula is C36H21BO2S. The topological polar surface area (TPSA) is 18.5 Å². The molecule has 2 aliphatic heterocycles. The van der Waals surface area contributed by atoms with Gasteiger partial charge in [0.2, 0.25) is 0 Å². The van der Waals surface area contributed by atoms with E-state index in [4.69, 9.17) is 9.47 Å². The molecular weight excluding hydrogens is 507 g/mol. The molecule has 3 heterocycles. The van der Waals surface area contributed by atoms with Crippen LogP contribution in [0, 0.1) is 0 Å². The molecule has 0 N–H and O–H groups in total. The summed E-state index contributed by atoms with van der Waals surface area (Å²) in [4.78, 5) is 0. The normalized spacial score (nSPS) is 12.8. The van der Waals surface area contributed by atoms with E-state index in [1.165, 1.54) is 53.4 Å². The summed E-state index contributed by atoms with van der Waals surface area (Å²) in [7, 11) is 0.